The molecule has 0 aromatic carbocycles. The molecule has 1 atom stereocenters. The van der Waals surface area contributed by atoms with Crippen LogP contribution in [0.5, 0.6) is 0 Å². The van der Waals surface area contributed by atoms with Crippen LogP contribution in [0.15, 0.2) is 18.5 Å². The molecular weight excluding hydrogens is 292 g/mol. The molecule has 2 fully saturated rings. The first-order valence-corrected chi connectivity index (χ1v) is 8.88. The van der Waals surface area contributed by atoms with Crippen molar-refractivity contribution in [1.29, 1.82) is 0 Å². The molecule has 3 heterocycles. The molecule has 8 heteroatoms. The largest absolute Gasteiger partial charge is 0.339 e. The Hall–Kier alpha value is -1.70. The van der Waals surface area contributed by atoms with Crippen molar-refractivity contribution >= 4 is 21.7 Å². The van der Waals surface area contributed by atoms with E-state index in [0.717, 1.165) is 0 Å². The molecule has 2 aliphatic rings. The quantitative estimate of drug-likeness (QED) is 0.736. The van der Waals surface area contributed by atoms with E-state index < -0.39 is 9.84 Å². The molecule has 1 aromatic heterocycles. The van der Waals surface area contributed by atoms with E-state index in [1.54, 1.807) is 23.4 Å². The zero-order chi connectivity index (χ0) is 14.9. The minimum absolute atomic E-state index is 0.00778. The number of aromatic nitrogens is 2. The van der Waals surface area contributed by atoms with Gasteiger partial charge in [0.15, 0.2) is 9.84 Å². The van der Waals surface area contributed by atoms with Gasteiger partial charge in [-0.15, -0.1) is 0 Å². The highest BCUT2D eigenvalue weighted by Crippen LogP contribution is 2.21. The van der Waals surface area contributed by atoms with Gasteiger partial charge in [-0.1, -0.05) is 0 Å². The van der Waals surface area contributed by atoms with Gasteiger partial charge in [0.25, 0.3) is 0 Å². The van der Waals surface area contributed by atoms with Gasteiger partial charge in [0.2, 0.25) is 11.9 Å². The number of rotatable bonds is 2. The van der Waals surface area contributed by atoms with Gasteiger partial charge in [0.05, 0.1) is 17.4 Å². The number of hydrogen-bond donors (Lipinski definition) is 0. The predicted molar refractivity (Wildman–Crippen MR) is 77.6 cm³/mol. The van der Waals surface area contributed by atoms with Gasteiger partial charge in [-0.05, 0) is 12.5 Å². The van der Waals surface area contributed by atoms with Gasteiger partial charge in [-0.2, -0.15) is 0 Å². The first-order valence-electron chi connectivity index (χ1n) is 7.06. The van der Waals surface area contributed by atoms with Crippen molar-refractivity contribution in [3.05, 3.63) is 18.5 Å². The zero-order valence-corrected chi connectivity index (χ0v) is 12.5. The summed E-state index contributed by atoms with van der Waals surface area (Å²) in [4.78, 5) is 24.6. The topological polar surface area (TPSA) is 83.5 Å². The second-order valence-corrected chi connectivity index (χ2v) is 7.69. The molecule has 0 unspecified atom stereocenters. The van der Waals surface area contributed by atoms with Crippen LogP contribution < -0.4 is 4.90 Å². The third-order valence-corrected chi connectivity index (χ3v) is 5.78. The van der Waals surface area contributed by atoms with Crippen molar-refractivity contribution < 1.29 is 13.2 Å². The number of sulfone groups is 1. The van der Waals surface area contributed by atoms with Crippen molar-refractivity contribution in [3.63, 3.8) is 0 Å². The number of carbonyl (C=O) groups is 1. The molecule has 3 rings (SSSR count). The molecule has 0 radical (unpaired) electrons. The van der Waals surface area contributed by atoms with Crippen molar-refractivity contribution in [2.75, 3.05) is 42.6 Å². The standard InChI is InChI=1S/C13H18N4O3S/c18-12(11-2-9-21(19,20)10-11)16-5-7-17(8-6-16)13-14-3-1-4-15-13/h1,3-4,11H,2,5-10H2/t11-/m1/s1. The average Bonchev–Trinajstić information content (AvgIpc) is 2.88. The molecule has 1 aromatic rings. The molecule has 114 valence electrons. The zero-order valence-electron chi connectivity index (χ0n) is 11.7. The normalized spacial score (nSPS) is 25.0. The Morgan fingerprint density at radius 2 is 1.81 bits per heavy atom. The molecule has 7 nitrogen and oxygen atoms in total. The Balaban J connectivity index is 1.57. The lowest BCUT2D eigenvalue weighted by atomic mass is 10.1. The third-order valence-electron chi connectivity index (χ3n) is 4.01. The summed E-state index contributed by atoms with van der Waals surface area (Å²) in [5.74, 6) is 0.446. The van der Waals surface area contributed by atoms with Crippen molar-refractivity contribution in [1.82, 2.24) is 14.9 Å². The highest BCUT2D eigenvalue weighted by molar-refractivity contribution is 7.91. The Kier molecular flexibility index (Phi) is 3.79. The number of amides is 1. The van der Waals surface area contributed by atoms with Crippen LogP contribution in [0, 0.1) is 5.92 Å². The maximum atomic E-state index is 12.3. The van der Waals surface area contributed by atoms with E-state index in [1.807, 2.05) is 4.90 Å². The number of anilines is 1. The fourth-order valence-corrected chi connectivity index (χ4v) is 4.56. The van der Waals surface area contributed by atoms with E-state index in [-0.39, 0.29) is 23.3 Å². The van der Waals surface area contributed by atoms with Crippen LogP contribution in [0.1, 0.15) is 6.42 Å². The Labute approximate surface area is 123 Å². The third kappa shape index (κ3) is 3.15. The predicted octanol–water partition coefficient (Wildman–Crippen LogP) is -0.440. The summed E-state index contributed by atoms with van der Waals surface area (Å²) in [5, 5.41) is 0. The van der Waals surface area contributed by atoms with Crippen LogP contribution >= 0.6 is 0 Å². The van der Waals surface area contributed by atoms with Gasteiger partial charge in [0, 0.05) is 38.6 Å². The van der Waals surface area contributed by atoms with Gasteiger partial charge >= 0.3 is 0 Å². The molecule has 0 bridgehead atoms. The fraction of sp³-hybridized carbons (Fsp3) is 0.615. The average molecular weight is 310 g/mol. The van der Waals surface area contributed by atoms with E-state index in [9.17, 15) is 13.2 Å². The number of piperazine rings is 1. The summed E-state index contributed by atoms with van der Waals surface area (Å²) >= 11 is 0. The molecule has 0 spiro atoms. The summed E-state index contributed by atoms with van der Waals surface area (Å²) in [6.45, 7) is 2.53. The molecular formula is C13H18N4O3S. The van der Waals surface area contributed by atoms with Crippen molar-refractivity contribution in [2.45, 2.75) is 6.42 Å². The molecule has 21 heavy (non-hydrogen) atoms. The van der Waals surface area contributed by atoms with Crippen LogP contribution in [0.2, 0.25) is 0 Å². The molecule has 0 N–H and O–H groups in total. The second kappa shape index (κ2) is 5.59. The lowest BCUT2D eigenvalue weighted by Gasteiger charge is -2.35. The van der Waals surface area contributed by atoms with Crippen LogP contribution in [0.4, 0.5) is 5.95 Å². The molecule has 2 saturated heterocycles. The minimum atomic E-state index is -3.01. The number of nitrogens with zero attached hydrogens (tertiary/aromatic N) is 4. The van der Waals surface area contributed by atoms with Gasteiger partial charge in [-0.3, -0.25) is 4.79 Å². The summed E-state index contributed by atoms with van der Waals surface area (Å²) in [5.41, 5.74) is 0. The van der Waals surface area contributed by atoms with Crippen LogP contribution in [0.3, 0.4) is 0 Å². The van der Waals surface area contributed by atoms with Gasteiger partial charge in [-0.25, -0.2) is 18.4 Å². The van der Waals surface area contributed by atoms with Crippen LogP contribution in [-0.2, 0) is 14.6 Å². The highest BCUT2D eigenvalue weighted by atomic mass is 32.2. The van der Waals surface area contributed by atoms with E-state index in [4.69, 9.17) is 0 Å². The van der Waals surface area contributed by atoms with Crippen LogP contribution in [0.25, 0.3) is 0 Å². The monoisotopic (exact) mass is 310 g/mol. The van der Waals surface area contributed by atoms with Gasteiger partial charge in [0.1, 0.15) is 0 Å². The molecule has 0 saturated carbocycles. The Morgan fingerprint density at radius 1 is 1.14 bits per heavy atom. The summed E-state index contributed by atoms with van der Waals surface area (Å²) in [6, 6.07) is 1.77. The first-order chi connectivity index (χ1) is 10.1. The van der Waals surface area contributed by atoms with Crippen molar-refractivity contribution in [3.8, 4) is 0 Å². The summed E-state index contributed by atoms with van der Waals surface area (Å²) in [6.07, 6.45) is 3.86. The lowest BCUT2D eigenvalue weighted by Crippen LogP contribution is -2.51. The summed E-state index contributed by atoms with van der Waals surface area (Å²) in [7, 11) is -3.01. The van der Waals surface area contributed by atoms with E-state index in [0.29, 0.717) is 38.5 Å². The Bertz CT molecular complexity index is 612. The number of hydrogen-bond acceptors (Lipinski definition) is 6. The lowest BCUT2D eigenvalue weighted by molar-refractivity contribution is -0.135. The van der Waals surface area contributed by atoms with Gasteiger partial charge < -0.3 is 9.80 Å². The Morgan fingerprint density at radius 3 is 2.38 bits per heavy atom. The number of carbonyl (C=O) groups excluding carboxylic acids is 1. The molecule has 2 aliphatic heterocycles. The van der Waals surface area contributed by atoms with E-state index in [1.165, 1.54) is 0 Å². The van der Waals surface area contributed by atoms with Crippen molar-refractivity contribution in [2.24, 2.45) is 5.92 Å². The highest BCUT2D eigenvalue weighted by Gasteiger charge is 2.36. The minimum Gasteiger partial charge on any atom is -0.339 e. The SMILES string of the molecule is O=C([C@@H]1CCS(=O)(=O)C1)N1CCN(c2ncccn2)CC1. The smallest absolute Gasteiger partial charge is 0.226 e. The summed E-state index contributed by atoms with van der Waals surface area (Å²) < 4.78 is 22.9. The van der Waals surface area contributed by atoms with Crippen LogP contribution in [-0.4, -0.2) is 66.9 Å². The molecule has 0 aliphatic carbocycles. The van der Waals surface area contributed by atoms with E-state index >= 15 is 0 Å². The molecule has 1 amide bonds. The van der Waals surface area contributed by atoms with E-state index in [2.05, 4.69) is 9.97 Å². The second-order valence-electron chi connectivity index (χ2n) is 5.46. The first kappa shape index (κ1) is 14.2. The maximum Gasteiger partial charge on any atom is 0.226 e. The maximum absolute atomic E-state index is 12.3. The fourth-order valence-electron chi connectivity index (χ4n) is 2.83.